The molecule has 0 radical (unpaired) electrons. The lowest BCUT2D eigenvalue weighted by molar-refractivity contribution is -0.137. The second kappa shape index (κ2) is 8.00. The van der Waals surface area contributed by atoms with E-state index in [-0.39, 0.29) is 10.9 Å². The van der Waals surface area contributed by atoms with Crippen LogP contribution in [0.2, 0.25) is 0 Å². The van der Waals surface area contributed by atoms with Gasteiger partial charge in [0, 0.05) is 24.8 Å². The summed E-state index contributed by atoms with van der Waals surface area (Å²) in [6.45, 7) is 0.694. The highest BCUT2D eigenvalue weighted by atomic mass is 32.2. The summed E-state index contributed by atoms with van der Waals surface area (Å²) < 4.78 is 79.7. The van der Waals surface area contributed by atoms with Gasteiger partial charge in [-0.15, -0.1) is 0 Å². The number of alkyl halides is 3. The highest BCUT2D eigenvalue weighted by Crippen LogP contribution is 2.35. The van der Waals surface area contributed by atoms with E-state index in [1.165, 1.54) is 18.2 Å². The van der Waals surface area contributed by atoms with Crippen LogP contribution in [-0.4, -0.2) is 27.5 Å². The van der Waals surface area contributed by atoms with Crippen LogP contribution >= 0.6 is 0 Å². The van der Waals surface area contributed by atoms with E-state index in [1.807, 2.05) is 0 Å². The number of sulfonamides is 1. The highest BCUT2D eigenvalue weighted by molar-refractivity contribution is 7.89. The maximum absolute atomic E-state index is 13.1. The first-order chi connectivity index (χ1) is 13.6. The fraction of sp³-hybridized carbons (Fsp3) is 0.316. The van der Waals surface area contributed by atoms with Gasteiger partial charge in [0.25, 0.3) is 0 Å². The van der Waals surface area contributed by atoms with Crippen molar-refractivity contribution in [3.05, 3.63) is 59.4 Å². The minimum atomic E-state index is -4.63. The molecule has 0 aliphatic carbocycles. The van der Waals surface area contributed by atoms with Crippen molar-refractivity contribution in [2.45, 2.75) is 30.0 Å². The van der Waals surface area contributed by atoms with Crippen LogP contribution in [-0.2, 0) is 16.2 Å². The molecule has 1 N–H and O–H groups in total. The molecule has 2 aromatic carbocycles. The summed E-state index contributed by atoms with van der Waals surface area (Å²) in [4.78, 5) is 1.67. The summed E-state index contributed by atoms with van der Waals surface area (Å²) in [6, 6.07) is 9.15. The van der Waals surface area contributed by atoms with Crippen LogP contribution in [0.25, 0.3) is 0 Å². The van der Waals surface area contributed by atoms with Crippen LogP contribution in [0, 0.1) is 17.1 Å². The molecule has 5 nitrogen and oxygen atoms in total. The summed E-state index contributed by atoms with van der Waals surface area (Å²) >= 11 is 0. The molecule has 1 aliphatic heterocycles. The molecule has 1 aliphatic rings. The minimum absolute atomic E-state index is 0.0526. The first kappa shape index (κ1) is 21.1. The molecular formula is C19H17F4N3O2S. The van der Waals surface area contributed by atoms with E-state index >= 15 is 0 Å². The normalized spacial score (nSPS) is 15.9. The fourth-order valence-electron chi connectivity index (χ4n) is 3.22. The molecule has 10 heteroatoms. The Kier molecular flexibility index (Phi) is 5.82. The lowest BCUT2D eigenvalue weighted by Gasteiger charge is -2.34. The molecule has 2 aromatic rings. The van der Waals surface area contributed by atoms with Crippen LogP contribution in [0.5, 0.6) is 0 Å². The largest absolute Gasteiger partial charge is 0.417 e. The third-order valence-electron chi connectivity index (χ3n) is 4.73. The average Bonchev–Trinajstić information content (AvgIpc) is 2.67. The van der Waals surface area contributed by atoms with Crippen LogP contribution in [0.1, 0.15) is 24.0 Å². The second-order valence-electron chi connectivity index (χ2n) is 6.68. The summed E-state index contributed by atoms with van der Waals surface area (Å²) in [7, 11) is -3.81. The summed E-state index contributed by atoms with van der Waals surface area (Å²) in [5.74, 6) is -0.544. The number of hydrogen-bond donors (Lipinski definition) is 1. The van der Waals surface area contributed by atoms with Crippen molar-refractivity contribution in [2.24, 2.45) is 0 Å². The molecule has 154 valence electrons. The molecule has 29 heavy (non-hydrogen) atoms. The monoisotopic (exact) mass is 427 g/mol. The van der Waals surface area contributed by atoms with Crippen LogP contribution in [0.4, 0.5) is 23.2 Å². The average molecular weight is 427 g/mol. The minimum Gasteiger partial charge on any atom is -0.371 e. The van der Waals surface area contributed by atoms with Crippen molar-refractivity contribution < 1.29 is 26.0 Å². The van der Waals surface area contributed by atoms with Crippen LogP contribution < -0.4 is 9.62 Å². The SMILES string of the molecule is N#Cc1ccc(N2CCC(NS(=O)(=O)c3ccc(F)cc3)CC2)cc1C(F)(F)F. The van der Waals surface area contributed by atoms with E-state index in [1.54, 1.807) is 11.0 Å². The van der Waals surface area contributed by atoms with E-state index in [4.69, 9.17) is 5.26 Å². The quantitative estimate of drug-likeness (QED) is 0.756. The zero-order valence-electron chi connectivity index (χ0n) is 15.1. The summed E-state index contributed by atoms with van der Waals surface area (Å²) in [5, 5.41) is 8.89. The zero-order chi connectivity index (χ0) is 21.2. The van der Waals surface area contributed by atoms with Crippen molar-refractivity contribution in [3.8, 4) is 6.07 Å². The summed E-state index contributed by atoms with van der Waals surface area (Å²) in [5.41, 5.74) is -1.10. The van der Waals surface area contributed by atoms with Gasteiger partial charge in [-0.25, -0.2) is 17.5 Å². The third-order valence-corrected chi connectivity index (χ3v) is 6.27. The molecule has 0 saturated carbocycles. The molecule has 1 fully saturated rings. The molecule has 0 amide bonds. The Hall–Kier alpha value is -2.64. The predicted molar refractivity (Wildman–Crippen MR) is 98.1 cm³/mol. The van der Waals surface area contributed by atoms with Gasteiger partial charge >= 0.3 is 6.18 Å². The standard InChI is InChI=1S/C19H17F4N3O2S/c20-14-2-5-17(6-3-14)29(27,28)25-15-7-9-26(10-8-15)16-4-1-13(12-24)18(11-16)19(21,22)23/h1-6,11,15,25H,7-10H2. The molecule has 0 spiro atoms. The second-order valence-corrected chi connectivity index (χ2v) is 8.39. The fourth-order valence-corrected chi connectivity index (χ4v) is 4.52. The van der Waals surface area contributed by atoms with E-state index in [0.29, 0.717) is 31.6 Å². The molecule has 3 rings (SSSR count). The molecule has 1 saturated heterocycles. The van der Waals surface area contributed by atoms with Gasteiger partial charge in [-0.1, -0.05) is 0 Å². The Morgan fingerprint density at radius 3 is 2.24 bits per heavy atom. The van der Waals surface area contributed by atoms with Crippen molar-refractivity contribution in [1.29, 1.82) is 5.26 Å². The molecule has 0 atom stereocenters. The number of hydrogen-bond acceptors (Lipinski definition) is 4. The molecule has 1 heterocycles. The van der Waals surface area contributed by atoms with Gasteiger partial charge in [0.15, 0.2) is 0 Å². The first-order valence-corrected chi connectivity index (χ1v) is 10.2. The van der Waals surface area contributed by atoms with Gasteiger partial charge < -0.3 is 4.90 Å². The van der Waals surface area contributed by atoms with Gasteiger partial charge in [-0.05, 0) is 55.3 Å². The van der Waals surface area contributed by atoms with Gasteiger partial charge in [0.2, 0.25) is 10.0 Å². The van der Waals surface area contributed by atoms with E-state index < -0.39 is 33.1 Å². The van der Waals surface area contributed by atoms with Gasteiger partial charge in [0.1, 0.15) is 5.82 Å². The first-order valence-electron chi connectivity index (χ1n) is 8.74. The predicted octanol–water partition coefficient (Wildman–Crippen LogP) is 3.66. The Morgan fingerprint density at radius 2 is 1.69 bits per heavy atom. The van der Waals surface area contributed by atoms with Crippen molar-refractivity contribution >= 4 is 15.7 Å². The molecule has 0 unspecified atom stereocenters. The van der Waals surface area contributed by atoms with Gasteiger partial charge in [0.05, 0.1) is 22.1 Å². The maximum atomic E-state index is 13.1. The lowest BCUT2D eigenvalue weighted by Crippen LogP contribution is -2.44. The van der Waals surface area contributed by atoms with Crippen LogP contribution in [0.15, 0.2) is 47.4 Å². The van der Waals surface area contributed by atoms with E-state index in [0.717, 1.165) is 24.3 Å². The third kappa shape index (κ3) is 4.86. The Morgan fingerprint density at radius 1 is 1.07 bits per heavy atom. The van der Waals surface area contributed by atoms with E-state index in [9.17, 15) is 26.0 Å². The summed E-state index contributed by atoms with van der Waals surface area (Å²) in [6.07, 6.45) is -3.85. The zero-order valence-corrected chi connectivity index (χ0v) is 15.9. The van der Waals surface area contributed by atoms with Crippen molar-refractivity contribution in [3.63, 3.8) is 0 Å². The number of rotatable bonds is 4. The number of halogens is 4. The molecule has 0 bridgehead atoms. The van der Waals surface area contributed by atoms with Crippen LogP contribution in [0.3, 0.4) is 0 Å². The van der Waals surface area contributed by atoms with E-state index in [2.05, 4.69) is 4.72 Å². The van der Waals surface area contributed by atoms with Crippen molar-refractivity contribution in [1.82, 2.24) is 4.72 Å². The number of nitriles is 1. The van der Waals surface area contributed by atoms with Gasteiger partial charge in [-0.3, -0.25) is 0 Å². The Balaban J connectivity index is 1.68. The van der Waals surface area contributed by atoms with Gasteiger partial charge in [-0.2, -0.15) is 18.4 Å². The number of anilines is 1. The lowest BCUT2D eigenvalue weighted by atomic mass is 10.0. The number of nitrogens with one attached hydrogen (secondary N) is 1. The maximum Gasteiger partial charge on any atom is 0.417 e. The number of benzene rings is 2. The topological polar surface area (TPSA) is 73.2 Å². The number of piperidine rings is 1. The Labute approximate surface area is 165 Å². The molecular weight excluding hydrogens is 410 g/mol. The molecule has 0 aromatic heterocycles. The van der Waals surface area contributed by atoms with Crippen molar-refractivity contribution in [2.75, 3.05) is 18.0 Å². The number of nitrogens with zero attached hydrogens (tertiary/aromatic N) is 2. The highest BCUT2D eigenvalue weighted by Gasteiger charge is 2.34. The smallest absolute Gasteiger partial charge is 0.371 e. The Bertz CT molecular complexity index is 1020.